The van der Waals surface area contributed by atoms with E-state index in [-0.39, 0.29) is 0 Å². The molecular weight excluding hydrogens is 222 g/mol. The van der Waals surface area contributed by atoms with E-state index in [0.29, 0.717) is 11.4 Å². The minimum atomic E-state index is 0.428. The van der Waals surface area contributed by atoms with E-state index in [9.17, 15) is 4.79 Å². The van der Waals surface area contributed by atoms with Crippen molar-refractivity contribution in [1.29, 1.82) is 0 Å². The van der Waals surface area contributed by atoms with Crippen LogP contribution in [0.2, 0.25) is 5.02 Å². The lowest BCUT2D eigenvalue weighted by atomic mass is 10.1. The van der Waals surface area contributed by atoms with Gasteiger partial charge in [0.15, 0.2) is 0 Å². The average molecular weight is 232 g/mol. The Bertz CT molecular complexity index is 549. The number of pyridine rings is 1. The van der Waals surface area contributed by atoms with E-state index in [4.69, 9.17) is 11.6 Å². The molecule has 2 nitrogen and oxygen atoms in total. The van der Waals surface area contributed by atoms with Gasteiger partial charge in [-0.2, -0.15) is 0 Å². The molecule has 0 amide bonds. The van der Waals surface area contributed by atoms with Crippen LogP contribution in [-0.4, -0.2) is 11.3 Å². The Morgan fingerprint density at radius 1 is 1.31 bits per heavy atom. The monoisotopic (exact) mass is 231 g/mol. The number of aromatic nitrogens is 1. The molecule has 0 unspecified atom stereocenters. The summed E-state index contributed by atoms with van der Waals surface area (Å²) in [4.78, 5) is 14.5. The van der Waals surface area contributed by atoms with Crippen molar-refractivity contribution in [2.45, 2.75) is 6.42 Å². The van der Waals surface area contributed by atoms with Crippen LogP contribution in [0.3, 0.4) is 0 Å². The van der Waals surface area contributed by atoms with Crippen molar-refractivity contribution in [3.8, 4) is 0 Å². The summed E-state index contributed by atoms with van der Waals surface area (Å²) in [6, 6.07) is 7.51. The van der Waals surface area contributed by atoms with Gasteiger partial charge in [-0.05, 0) is 23.8 Å². The minimum Gasteiger partial charge on any atom is -0.303 e. The molecule has 0 saturated heterocycles. The summed E-state index contributed by atoms with van der Waals surface area (Å²) in [7, 11) is 0. The maximum absolute atomic E-state index is 10.2. The highest BCUT2D eigenvalue weighted by Crippen LogP contribution is 2.21. The topological polar surface area (TPSA) is 30.0 Å². The van der Waals surface area contributed by atoms with Crippen LogP contribution in [0.5, 0.6) is 0 Å². The Kier molecular flexibility index (Phi) is 3.32. The van der Waals surface area contributed by atoms with Crippen LogP contribution in [0.15, 0.2) is 36.5 Å². The summed E-state index contributed by atoms with van der Waals surface area (Å²) in [5.41, 5.74) is 1.91. The summed E-state index contributed by atoms with van der Waals surface area (Å²) < 4.78 is 0. The van der Waals surface area contributed by atoms with E-state index in [1.54, 1.807) is 6.20 Å². The Balaban J connectivity index is 2.49. The lowest BCUT2D eigenvalue weighted by Crippen LogP contribution is -1.82. The van der Waals surface area contributed by atoms with Crippen LogP contribution >= 0.6 is 11.6 Å². The van der Waals surface area contributed by atoms with E-state index >= 15 is 0 Å². The molecule has 1 heterocycles. The Labute approximate surface area is 98.6 Å². The fourth-order valence-corrected chi connectivity index (χ4v) is 1.71. The van der Waals surface area contributed by atoms with Crippen LogP contribution in [0, 0.1) is 0 Å². The lowest BCUT2D eigenvalue weighted by Gasteiger charge is -2.01. The van der Waals surface area contributed by atoms with Gasteiger partial charge in [0.25, 0.3) is 0 Å². The van der Waals surface area contributed by atoms with E-state index in [1.165, 1.54) is 0 Å². The van der Waals surface area contributed by atoms with Gasteiger partial charge in [0.2, 0.25) is 0 Å². The van der Waals surface area contributed by atoms with Gasteiger partial charge in [0.1, 0.15) is 6.29 Å². The van der Waals surface area contributed by atoms with E-state index in [0.717, 1.165) is 22.8 Å². The molecule has 0 fully saturated rings. The van der Waals surface area contributed by atoms with Gasteiger partial charge < -0.3 is 4.79 Å². The van der Waals surface area contributed by atoms with Gasteiger partial charge in [-0.3, -0.25) is 4.98 Å². The molecule has 1 aromatic heterocycles. The summed E-state index contributed by atoms with van der Waals surface area (Å²) in [6.45, 7) is 0. The highest BCUT2D eigenvalue weighted by Gasteiger charge is 1.99. The maximum Gasteiger partial charge on any atom is 0.123 e. The van der Waals surface area contributed by atoms with Crippen LogP contribution in [0.4, 0.5) is 0 Å². The van der Waals surface area contributed by atoms with Gasteiger partial charge >= 0.3 is 0 Å². The molecule has 0 atom stereocenters. The molecule has 0 bridgehead atoms. The molecule has 2 aromatic rings. The molecule has 0 radical (unpaired) electrons. The average Bonchev–Trinajstić information content (AvgIpc) is 2.29. The highest BCUT2D eigenvalue weighted by molar-refractivity contribution is 6.31. The fraction of sp³-hybridized carbons (Fsp3) is 0.0769. The second-order valence-corrected chi connectivity index (χ2v) is 3.80. The van der Waals surface area contributed by atoms with Gasteiger partial charge in [-0.15, -0.1) is 0 Å². The summed E-state index contributed by atoms with van der Waals surface area (Å²) in [6.07, 6.45) is 6.79. The third kappa shape index (κ3) is 2.28. The SMILES string of the molecule is O=CCC=Cc1ccnc2cc(Cl)ccc12. The molecule has 1 aromatic carbocycles. The maximum atomic E-state index is 10.2. The number of fused-ring (bicyclic) bond motifs is 1. The molecular formula is C13H10ClNO. The second kappa shape index (κ2) is 4.90. The standard InChI is InChI=1S/C13H10ClNO/c14-11-4-5-12-10(3-1-2-8-16)6-7-15-13(12)9-11/h1,3-9H,2H2. The summed E-state index contributed by atoms with van der Waals surface area (Å²) in [5.74, 6) is 0. The van der Waals surface area contributed by atoms with E-state index < -0.39 is 0 Å². The number of rotatable bonds is 3. The third-order valence-electron chi connectivity index (χ3n) is 2.27. The van der Waals surface area contributed by atoms with Crippen molar-refractivity contribution in [1.82, 2.24) is 4.98 Å². The van der Waals surface area contributed by atoms with E-state index in [2.05, 4.69) is 4.98 Å². The van der Waals surface area contributed by atoms with Crippen molar-refractivity contribution in [2.75, 3.05) is 0 Å². The van der Waals surface area contributed by atoms with Crippen molar-refractivity contribution in [3.05, 3.63) is 47.1 Å². The first-order valence-corrected chi connectivity index (χ1v) is 5.33. The fourth-order valence-electron chi connectivity index (χ4n) is 1.54. The van der Waals surface area contributed by atoms with Gasteiger partial charge in [-0.25, -0.2) is 0 Å². The first-order valence-electron chi connectivity index (χ1n) is 4.96. The van der Waals surface area contributed by atoms with Crippen molar-refractivity contribution < 1.29 is 4.79 Å². The zero-order valence-electron chi connectivity index (χ0n) is 8.56. The largest absolute Gasteiger partial charge is 0.303 e. The summed E-state index contributed by atoms with van der Waals surface area (Å²) in [5, 5.41) is 1.71. The second-order valence-electron chi connectivity index (χ2n) is 3.37. The first-order chi connectivity index (χ1) is 7.81. The number of hydrogen-bond donors (Lipinski definition) is 0. The number of benzene rings is 1. The smallest absolute Gasteiger partial charge is 0.123 e. The van der Waals surface area contributed by atoms with Crippen LogP contribution in [0.1, 0.15) is 12.0 Å². The molecule has 0 aliphatic carbocycles. The molecule has 0 N–H and O–H groups in total. The number of halogens is 1. The van der Waals surface area contributed by atoms with Gasteiger partial charge in [-0.1, -0.05) is 29.8 Å². The first kappa shape index (κ1) is 10.8. The number of nitrogens with zero attached hydrogens (tertiary/aromatic N) is 1. The molecule has 0 spiro atoms. The minimum absolute atomic E-state index is 0.428. The molecule has 16 heavy (non-hydrogen) atoms. The predicted molar refractivity (Wildman–Crippen MR) is 66.5 cm³/mol. The van der Waals surface area contributed by atoms with Crippen LogP contribution < -0.4 is 0 Å². The number of carbonyl (C=O) groups excluding carboxylic acids is 1. The van der Waals surface area contributed by atoms with Gasteiger partial charge in [0.05, 0.1) is 5.52 Å². The number of hydrogen-bond acceptors (Lipinski definition) is 2. The number of allylic oxidation sites excluding steroid dienone is 1. The number of aldehydes is 1. The Morgan fingerprint density at radius 2 is 2.19 bits per heavy atom. The zero-order chi connectivity index (χ0) is 11.4. The molecule has 3 heteroatoms. The Morgan fingerprint density at radius 3 is 3.00 bits per heavy atom. The number of carbonyl (C=O) groups is 1. The van der Waals surface area contributed by atoms with Crippen molar-refractivity contribution in [2.24, 2.45) is 0 Å². The molecule has 2 rings (SSSR count). The molecule has 0 aliphatic heterocycles. The van der Waals surface area contributed by atoms with Crippen molar-refractivity contribution in [3.63, 3.8) is 0 Å². The zero-order valence-corrected chi connectivity index (χ0v) is 9.32. The lowest BCUT2D eigenvalue weighted by molar-refractivity contribution is -0.107. The normalized spacial score (nSPS) is 11.1. The molecule has 0 aliphatic rings. The highest BCUT2D eigenvalue weighted by atomic mass is 35.5. The predicted octanol–water partition coefficient (Wildman–Crippen LogP) is 3.49. The quantitative estimate of drug-likeness (QED) is 0.757. The van der Waals surface area contributed by atoms with Crippen LogP contribution in [0.25, 0.3) is 17.0 Å². The summed E-state index contributed by atoms with van der Waals surface area (Å²) >= 11 is 5.89. The molecule has 80 valence electrons. The Hall–Kier alpha value is -1.67. The van der Waals surface area contributed by atoms with E-state index in [1.807, 2.05) is 36.4 Å². The molecule has 0 saturated carbocycles. The van der Waals surface area contributed by atoms with Gasteiger partial charge in [0, 0.05) is 23.0 Å². The van der Waals surface area contributed by atoms with Crippen LogP contribution in [-0.2, 0) is 4.79 Å². The third-order valence-corrected chi connectivity index (χ3v) is 2.50. The van der Waals surface area contributed by atoms with Crippen molar-refractivity contribution >= 4 is 34.9 Å².